The number of fused-ring (bicyclic) bond motifs is 3. The third kappa shape index (κ3) is 3.22. The standard InChI is InChI=1S/C20H26FN5O4S/c1-20(29-2)9-26-18(30-10-20)15(8-23-26)31(22,28)25-19(27)24-17-13-5-3-4-11(13)16(21)12-6-7-14(12)17/h8,31H,3-7,9-10H2,1-2H3,(H4,22,24,25,27,28). The van der Waals surface area contributed by atoms with E-state index in [0.29, 0.717) is 49.0 Å². The average Bonchev–Trinajstić information content (AvgIpc) is 3.32. The van der Waals surface area contributed by atoms with E-state index in [2.05, 4.69) is 15.1 Å². The summed E-state index contributed by atoms with van der Waals surface area (Å²) in [5.74, 6) is 0.128. The minimum atomic E-state index is -3.82. The third-order valence-corrected chi connectivity index (χ3v) is 8.03. The van der Waals surface area contributed by atoms with Gasteiger partial charge in [0.2, 0.25) is 5.88 Å². The lowest BCUT2D eigenvalue weighted by Gasteiger charge is -2.33. The molecule has 31 heavy (non-hydrogen) atoms. The number of thiol groups is 1. The highest BCUT2D eigenvalue weighted by Crippen LogP contribution is 2.42. The SMILES string of the molecule is COC1(C)COc2c([SH](N)(=O)NC(=O)Nc3c4c(c(F)c5c3CC5)CCC4)cnn2C1. The summed E-state index contributed by atoms with van der Waals surface area (Å²) >= 11 is 0. The Morgan fingerprint density at radius 2 is 1.97 bits per heavy atom. The number of rotatable bonds is 4. The highest BCUT2D eigenvalue weighted by Gasteiger charge is 2.36. The van der Waals surface area contributed by atoms with E-state index >= 15 is 0 Å². The number of nitrogens with zero attached hydrogens (tertiary/aromatic N) is 2. The first-order valence-electron chi connectivity index (χ1n) is 10.3. The van der Waals surface area contributed by atoms with Gasteiger partial charge in [0, 0.05) is 23.1 Å². The molecule has 2 aliphatic carbocycles. The summed E-state index contributed by atoms with van der Waals surface area (Å²) in [6.45, 7) is 2.52. The average molecular weight is 452 g/mol. The number of nitrogens with two attached hydrogens (primary N) is 1. The molecule has 11 heteroatoms. The Morgan fingerprint density at radius 3 is 2.68 bits per heavy atom. The molecule has 3 aliphatic rings. The van der Waals surface area contributed by atoms with Crippen LogP contribution < -0.4 is 19.9 Å². The highest BCUT2D eigenvalue weighted by molar-refractivity contribution is 7.99. The molecule has 9 nitrogen and oxygen atoms in total. The Balaban J connectivity index is 1.37. The maximum Gasteiger partial charge on any atom is 0.330 e. The topological polar surface area (TPSA) is 120 Å². The molecule has 0 saturated carbocycles. The molecule has 168 valence electrons. The number of nitrogens with one attached hydrogen (secondary N) is 2. The van der Waals surface area contributed by atoms with Gasteiger partial charge < -0.3 is 14.8 Å². The van der Waals surface area contributed by atoms with E-state index in [1.54, 1.807) is 7.11 Å². The molecule has 0 bridgehead atoms. The van der Waals surface area contributed by atoms with Crippen LogP contribution in [0.15, 0.2) is 11.1 Å². The van der Waals surface area contributed by atoms with Gasteiger partial charge in [-0.05, 0) is 61.3 Å². The van der Waals surface area contributed by atoms with Crippen molar-refractivity contribution in [1.29, 1.82) is 0 Å². The van der Waals surface area contributed by atoms with E-state index < -0.39 is 21.9 Å². The zero-order chi connectivity index (χ0) is 22.0. The van der Waals surface area contributed by atoms with Crippen molar-refractivity contribution in [3.05, 3.63) is 34.3 Å². The van der Waals surface area contributed by atoms with Crippen LogP contribution >= 0.6 is 0 Å². The van der Waals surface area contributed by atoms with Crippen LogP contribution in [0.2, 0.25) is 0 Å². The molecule has 1 aliphatic heterocycles. The second-order valence-electron chi connectivity index (χ2n) is 8.62. The van der Waals surface area contributed by atoms with Gasteiger partial charge in [-0.2, -0.15) is 5.10 Å². The Bertz CT molecular complexity index is 1150. The monoisotopic (exact) mass is 451 g/mol. The lowest BCUT2D eigenvalue weighted by Crippen LogP contribution is -2.47. The molecule has 0 radical (unpaired) electrons. The van der Waals surface area contributed by atoms with Crippen molar-refractivity contribution >= 4 is 22.0 Å². The quantitative estimate of drug-likeness (QED) is 0.524. The fourth-order valence-electron chi connectivity index (χ4n) is 4.58. The zero-order valence-electron chi connectivity index (χ0n) is 17.5. The van der Waals surface area contributed by atoms with Crippen LogP contribution in [0.4, 0.5) is 14.9 Å². The molecule has 5 rings (SSSR count). The number of carbonyl (C=O) groups is 1. The van der Waals surface area contributed by atoms with Crippen molar-refractivity contribution in [3.8, 4) is 5.88 Å². The number of aromatic nitrogens is 2. The maximum absolute atomic E-state index is 14.6. The van der Waals surface area contributed by atoms with Gasteiger partial charge in [0.25, 0.3) is 0 Å². The molecule has 0 fully saturated rings. The minimum absolute atomic E-state index is 0.129. The second kappa shape index (κ2) is 7.01. The molecule has 4 N–H and O–H groups in total. The number of hydrogen-bond donors (Lipinski definition) is 4. The molecule has 0 saturated heterocycles. The Kier molecular flexibility index (Phi) is 4.61. The Labute approximate surface area is 180 Å². The van der Waals surface area contributed by atoms with Crippen molar-refractivity contribution < 1.29 is 22.9 Å². The van der Waals surface area contributed by atoms with Crippen molar-refractivity contribution in [2.75, 3.05) is 19.0 Å². The molecule has 2 aromatic rings. The molecular formula is C20H26FN5O4S. The molecule has 1 unspecified atom stereocenters. The number of urea groups is 1. The van der Waals surface area contributed by atoms with Crippen LogP contribution in [0.1, 0.15) is 35.6 Å². The summed E-state index contributed by atoms with van der Waals surface area (Å²) in [5, 5.41) is 13.0. The summed E-state index contributed by atoms with van der Waals surface area (Å²) in [6.07, 6.45) is 4.94. The fraction of sp³-hybridized carbons (Fsp3) is 0.500. The predicted octanol–water partition coefficient (Wildman–Crippen LogP) is 1.39. The van der Waals surface area contributed by atoms with Crippen molar-refractivity contribution in [1.82, 2.24) is 14.5 Å². The van der Waals surface area contributed by atoms with Gasteiger partial charge in [-0.15, -0.1) is 0 Å². The summed E-state index contributed by atoms with van der Waals surface area (Å²) in [5.41, 5.74) is 3.09. The number of carbonyl (C=O) groups excluding carboxylic acids is 1. The van der Waals surface area contributed by atoms with Gasteiger partial charge in [-0.3, -0.25) is 9.86 Å². The number of hydrogen-bond acceptors (Lipinski definition) is 5. The summed E-state index contributed by atoms with van der Waals surface area (Å²) < 4.78 is 42.9. The maximum atomic E-state index is 14.6. The first-order valence-corrected chi connectivity index (χ1v) is 12.1. The van der Waals surface area contributed by atoms with Crippen LogP contribution in [0, 0.1) is 5.82 Å². The lowest BCUT2D eigenvalue weighted by atomic mass is 9.83. The summed E-state index contributed by atoms with van der Waals surface area (Å²) in [7, 11) is -2.24. The first-order chi connectivity index (χ1) is 14.7. The van der Waals surface area contributed by atoms with Gasteiger partial charge in [-0.25, -0.2) is 18.1 Å². The number of benzene rings is 1. The van der Waals surface area contributed by atoms with Crippen molar-refractivity contribution in [2.45, 2.75) is 56.1 Å². The number of anilines is 1. The van der Waals surface area contributed by atoms with E-state index in [9.17, 15) is 13.4 Å². The molecule has 0 spiro atoms. The van der Waals surface area contributed by atoms with Gasteiger partial charge in [0.1, 0.15) is 22.9 Å². The highest BCUT2D eigenvalue weighted by atomic mass is 32.3. The van der Waals surface area contributed by atoms with Crippen LogP contribution in [-0.2, 0) is 47.3 Å². The zero-order valence-corrected chi connectivity index (χ0v) is 18.4. The third-order valence-electron chi connectivity index (χ3n) is 6.47. The number of methoxy groups -OCH3 is 1. The largest absolute Gasteiger partial charge is 0.474 e. The molecule has 1 aromatic heterocycles. The first kappa shape index (κ1) is 20.4. The van der Waals surface area contributed by atoms with Gasteiger partial charge in [0.15, 0.2) is 0 Å². The van der Waals surface area contributed by atoms with Crippen LogP contribution in [0.25, 0.3) is 0 Å². The van der Waals surface area contributed by atoms with Crippen molar-refractivity contribution in [3.63, 3.8) is 0 Å². The van der Waals surface area contributed by atoms with Crippen LogP contribution in [0.3, 0.4) is 0 Å². The second-order valence-corrected chi connectivity index (χ2v) is 10.6. The Morgan fingerprint density at radius 1 is 1.29 bits per heavy atom. The normalized spacial score (nSPS) is 21.9. The van der Waals surface area contributed by atoms with Gasteiger partial charge >= 0.3 is 6.03 Å². The predicted molar refractivity (Wildman–Crippen MR) is 113 cm³/mol. The van der Waals surface area contributed by atoms with E-state index in [4.69, 9.17) is 14.6 Å². The molecule has 1 atom stereocenters. The van der Waals surface area contributed by atoms with Crippen molar-refractivity contribution in [2.24, 2.45) is 5.14 Å². The van der Waals surface area contributed by atoms with E-state index in [-0.39, 0.29) is 23.2 Å². The molecule has 1 aromatic carbocycles. The van der Waals surface area contributed by atoms with Gasteiger partial charge in [-0.1, -0.05) is 0 Å². The number of amides is 2. The fourth-order valence-corrected chi connectivity index (χ4v) is 5.75. The van der Waals surface area contributed by atoms with E-state index in [1.807, 2.05) is 6.92 Å². The van der Waals surface area contributed by atoms with E-state index in [1.165, 1.54) is 10.9 Å². The number of ether oxygens (including phenoxy) is 2. The molecule has 2 heterocycles. The minimum Gasteiger partial charge on any atom is -0.474 e. The van der Waals surface area contributed by atoms with E-state index in [0.717, 1.165) is 17.5 Å². The lowest BCUT2D eigenvalue weighted by molar-refractivity contribution is -0.0654. The Hall–Kier alpha value is -2.50. The molecule has 2 amide bonds. The smallest absolute Gasteiger partial charge is 0.330 e. The number of halogens is 1. The summed E-state index contributed by atoms with van der Waals surface area (Å²) in [4.78, 5) is 12.9. The molecular weight excluding hydrogens is 425 g/mol. The van der Waals surface area contributed by atoms with Crippen LogP contribution in [0.5, 0.6) is 5.88 Å². The summed E-state index contributed by atoms with van der Waals surface area (Å²) in [6, 6.07) is -0.696. The van der Waals surface area contributed by atoms with Gasteiger partial charge in [0.05, 0.1) is 12.7 Å². The van der Waals surface area contributed by atoms with Crippen LogP contribution in [-0.4, -0.2) is 39.3 Å².